The maximum atomic E-state index is 12.3. The van der Waals surface area contributed by atoms with Gasteiger partial charge in [-0.3, -0.25) is 14.6 Å². The number of ether oxygens (including phenoxy) is 3. The van der Waals surface area contributed by atoms with E-state index in [-0.39, 0.29) is 36.6 Å². The number of hydrogen-bond donors (Lipinski definition) is 1. The van der Waals surface area contributed by atoms with Crippen LogP contribution in [0.5, 0.6) is 11.5 Å². The zero-order valence-corrected chi connectivity index (χ0v) is 19.7. The summed E-state index contributed by atoms with van der Waals surface area (Å²) in [6.45, 7) is 4.54. The number of cyclic esters (lactones) is 1. The Morgan fingerprint density at radius 3 is 2.30 bits per heavy atom. The Balaban J connectivity index is 0.00000306. The van der Waals surface area contributed by atoms with E-state index >= 15 is 0 Å². The number of piperidine rings is 1. The van der Waals surface area contributed by atoms with Crippen molar-refractivity contribution >= 4 is 35.8 Å². The molecule has 2 amide bonds. The van der Waals surface area contributed by atoms with Gasteiger partial charge in [0.15, 0.2) is 0 Å². The molecule has 0 spiro atoms. The molecule has 2 aromatic rings. The molecule has 2 fully saturated rings. The Hall–Kier alpha value is -2.97. The average Bonchev–Trinajstić information content (AvgIpc) is 3.16. The number of methoxy groups -OCH3 is 1. The second-order valence-electron chi connectivity index (χ2n) is 8.14. The number of anilines is 2. The van der Waals surface area contributed by atoms with Gasteiger partial charge in [-0.15, -0.1) is 12.4 Å². The molecule has 2 saturated heterocycles. The van der Waals surface area contributed by atoms with Gasteiger partial charge in [0.05, 0.1) is 13.7 Å². The summed E-state index contributed by atoms with van der Waals surface area (Å²) >= 11 is 0. The lowest BCUT2D eigenvalue weighted by Gasteiger charge is -2.33. The van der Waals surface area contributed by atoms with E-state index < -0.39 is 0 Å². The lowest BCUT2D eigenvalue weighted by atomic mass is 10.1. The van der Waals surface area contributed by atoms with Gasteiger partial charge in [0.2, 0.25) is 5.91 Å². The van der Waals surface area contributed by atoms with Crippen molar-refractivity contribution in [1.29, 1.82) is 0 Å². The zero-order chi connectivity index (χ0) is 22.5. The van der Waals surface area contributed by atoms with Gasteiger partial charge >= 0.3 is 6.09 Å². The van der Waals surface area contributed by atoms with Gasteiger partial charge in [-0.1, -0.05) is 0 Å². The minimum atomic E-state index is -0.305. The lowest BCUT2D eigenvalue weighted by Crippen LogP contribution is -2.42. The molecule has 0 aliphatic carbocycles. The molecule has 2 heterocycles. The summed E-state index contributed by atoms with van der Waals surface area (Å²) < 4.78 is 16.9. The Morgan fingerprint density at radius 1 is 1.06 bits per heavy atom. The van der Waals surface area contributed by atoms with E-state index in [9.17, 15) is 9.59 Å². The van der Waals surface area contributed by atoms with Gasteiger partial charge in [-0.25, -0.2) is 4.79 Å². The van der Waals surface area contributed by atoms with Crippen LogP contribution in [0.4, 0.5) is 16.2 Å². The Morgan fingerprint density at radius 2 is 1.70 bits per heavy atom. The topological polar surface area (TPSA) is 80.3 Å². The van der Waals surface area contributed by atoms with Crippen LogP contribution in [0.1, 0.15) is 19.8 Å². The molecule has 0 bridgehead atoms. The molecule has 1 atom stereocenters. The number of likely N-dealkylation sites (tertiary alicyclic amines) is 1. The first-order valence-electron chi connectivity index (χ1n) is 10.9. The van der Waals surface area contributed by atoms with Gasteiger partial charge in [0.1, 0.15) is 23.7 Å². The largest absolute Gasteiger partial charge is 0.497 e. The third kappa shape index (κ3) is 6.52. The fourth-order valence-electron chi connectivity index (χ4n) is 4.10. The fourth-order valence-corrected chi connectivity index (χ4v) is 4.10. The van der Waals surface area contributed by atoms with E-state index in [1.54, 1.807) is 12.0 Å². The van der Waals surface area contributed by atoms with E-state index in [0.29, 0.717) is 6.54 Å². The highest BCUT2D eigenvalue weighted by Crippen LogP contribution is 2.26. The second-order valence-corrected chi connectivity index (χ2v) is 8.14. The number of amides is 2. The molecule has 0 aromatic heterocycles. The quantitative estimate of drug-likeness (QED) is 0.653. The first-order chi connectivity index (χ1) is 15.5. The molecular formula is C24H30ClN3O5. The maximum absolute atomic E-state index is 12.3. The number of halogens is 1. The number of carbonyl (C=O) groups excluding carboxylic acids is 2. The zero-order valence-electron chi connectivity index (χ0n) is 18.9. The van der Waals surface area contributed by atoms with Gasteiger partial charge < -0.3 is 19.5 Å². The molecule has 9 heteroatoms. The van der Waals surface area contributed by atoms with E-state index in [1.165, 1.54) is 6.92 Å². The van der Waals surface area contributed by atoms with Crippen molar-refractivity contribution in [2.24, 2.45) is 0 Å². The normalized spacial score (nSPS) is 18.9. The van der Waals surface area contributed by atoms with Crippen LogP contribution >= 0.6 is 12.4 Å². The van der Waals surface area contributed by atoms with Crippen molar-refractivity contribution in [3.8, 4) is 11.5 Å². The number of benzene rings is 2. The van der Waals surface area contributed by atoms with E-state index in [1.807, 2.05) is 48.5 Å². The molecule has 178 valence electrons. The summed E-state index contributed by atoms with van der Waals surface area (Å²) in [5.74, 6) is 1.47. The predicted octanol–water partition coefficient (Wildman–Crippen LogP) is 3.94. The number of nitrogens with one attached hydrogen (secondary N) is 1. The Labute approximate surface area is 200 Å². The number of hydrogen-bond acceptors (Lipinski definition) is 6. The molecule has 0 radical (unpaired) electrons. The Bertz CT molecular complexity index is 930. The first-order valence-corrected chi connectivity index (χ1v) is 10.9. The monoisotopic (exact) mass is 475 g/mol. The van der Waals surface area contributed by atoms with Crippen LogP contribution in [0, 0.1) is 0 Å². The first kappa shape index (κ1) is 24.7. The smallest absolute Gasteiger partial charge is 0.414 e. The van der Waals surface area contributed by atoms with Crippen molar-refractivity contribution in [1.82, 2.24) is 4.90 Å². The van der Waals surface area contributed by atoms with Crippen LogP contribution in [-0.4, -0.2) is 62.4 Å². The molecule has 2 aromatic carbocycles. The summed E-state index contributed by atoms with van der Waals surface area (Å²) in [4.78, 5) is 27.4. The molecule has 2 aliphatic heterocycles. The van der Waals surface area contributed by atoms with Crippen molar-refractivity contribution in [2.75, 3.05) is 43.5 Å². The minimum Gasteiger partial charge on any atom is -0.497 e. The van der Waals surface area contributed by atoms with Crippen LogP contribution in [0.15, 0.2) is 48.5 Å². The molecule has 4 rings (SSSR count). The van der Waals surface area contributed by atoms with Gasteiger partial charge in [-0.05, 0) is 61.4 Å². The summed E-state index contributed by atoms with van der Waals surface area (Å²) in [7, 11) is 1.62. The average molecular weight is 476 g/mol. The third-order valence-corrected chi connectivity index (χ3v) is 5.73. The van der Waals surface area contributed by atoms with Gasteiger partial charge in [0.25, 0.3) is 0 Å². The molecule has 0 saturated carbocycles. The molecule has 2 aliphatic rings. The highest BCUT2D eigenvalue weighted by molar-refractivity contribution is 5.90. The van der Waals surface area contributed by atoms with Crippen molar-refractivity contribution < 1.29 is 23.8 Å². The summed E-state index contributed by atoms with van der Waals surface area (Å²) in [5.41, 5.74) is 1.57. The molecule has 1 N–H and O–H groups in total. The van der Waals surface area contributed by atoms with Crippen molar-refractivity contribution in [3.05, 3.63) is 48.5 Å². The number of nitrogens with zero attached hydrogens (tertiary/aromatic N) is 2. The van der Waals surface area contributed by atoms with E-state index in [0.717, 1.165) is 55.3 Å². The fraction of sp³-hybridized carbons (Fsp3) is 0.417. The highest BCUT2D eigenvalue weighted by Gasteiger charge is 2.34. The van der Waals surface area contributed by atoms with Crippen molar-refractivity contribution in [2.45, 2.75) is 32.0 Å². The Kier molecular flexibility index (Phi) is 8.41. The lowest BCUT2D eigenvalue weighted by molar-refractivity contribution is -0.114. The summed E-state index contributed by atoms with van der Waals surface area (Å²) in [6.07, 6.45) is 1.52. The second kappa shape index (κ2) is 11.2. The SMILES string of the molecule is COc1ccc(N2C[C@H](CN3CCC(Oc4ccc(NC(C)=O)cc4)CC3)OC2=O)cc1.Cl. The van der Waals surface area contributed by atoms with E-state index in [2.05, 4.69) is 10.2 Å². The van der Waals surface area contributed by atoms with Crippen LogP contribution in [-0.2, 0) is 9.53 Å². The van der Waals surface area contributed by atoms with Crippen LogP contribution in [0.3, 0.4) is 0 Å². The number of rotatable bonds is 7. The minimum absolute atomic E-state index is 0. The summed E-state index contributed by atoms with van der Waals surface area (Å²) in [6, 6.07) is 14.9. The van der Waals surface area contributed by atoms with Crippen molar-refractivity contribution in [3.63, 3.8) is 0 Å². The summed E-state index contributed by atoms with van der Waals surface area (Å²) in [5, 5.41) is 2.75. The highest BCUT2D eigenvalue weighted by atomic mass is 35.5. The predicted molar refractivity (Wildman–Crippen MR) is 129 cm³/mol. The molecular weight excluding hydrogens is 446 g/mol. The third-order valence-electron chi connectivity index (χ3n) is 5.73. The van der Waals surface area contributed by atoms with Gasteiger partial charge in [0, 0.05) is 37.9 Å². The van der Waals surface area contributed by atoms with E-state index in [4.69, 9.17) is 14.2 Å². The number of carbonyl (C=O) groups is 2. The maximum Gasteiger partial charge on any atom is 0.414 e. The molecule has 33 heavy (non-hydrogen) atoms. The molecule has 8 nitrogen and oxygen atoms in total. The molecule has 0 unspecified atom stereocenters. The van der Waals surface area contributed by atoms with Crippen LogP contribution < -0.4 is 19.7 Å². The van der Waals surface area contributed by atoms with Gasteiger partial charge in [-0.2, -0.15) is 0 Å². The van der Waals surface area contributed by atoms with Crippen LogP contribution in [0.2, 0.25) is 0 Å². The standard InChI is InChI=1S/C24H29N3O5.ClH/c1-17(28)25-18-3-7-21(8-4-18)31-22-11-13-26(14-12-22)15-23-16-27(24(29)32-23)19-5-9-20(30-2)10-6-19;/h3-10,22-23H,11-16H2,1-2H3,(H,25,28);1H/t23-;/m0./s1. The van der Waals surface area contributed by atoms with Crippen LogP contribution in [0.25, 0.3) is 0 Å².